The lowest BCUT2D eigenvalue weighted by molar-refractivity contribution is -0.156. The van der Waals surface area contributed by atoms with E-state index in [1.807, 2.05) is 68.4 Å². The number of amides is 4. The summed E-state index contributed by atoms with van der Waals surface area (Å²) in [4.78, 5) is 46.8. The summed E-state index contributed by atoms with van der Waals surface area (Å²) in [5, 5.41) is 2.97. The number of para-hydroxylation sites is 1. The molecule has 3 N–H and O–H groups in total. The molecular weight excluding hydrogens is 454 g/mol. The Morgan fingerprint density at radius 3 is 2.53 bits per heavy atom. The molecule has 0 bridgehead atoms. The van der Waals surface area contributed by atoms with Crippen LogP contribution in [0.25, 0.3) is 0 Å². The fraction of sp³-hybridized carbons (Fsp3) is 0.286. The Morgan fingerprint density at radius 1 is 1.11 bits per heavy atom. The third-order valence-corrected chi connectivity index (χ3v) is 6.61. The highest BCUT2D eigenvalue weighted by molar-refractivity contribution is 6.12. The van der Waals surface area contributed by atoms with Crippen LogP contribution in [0.5, 0.6) is 0 Å². The number of carbonyl (C=O) groups is 3. The van der Waals surface area contributed by atoms with Crippen molar-refractivity contribution in [2.45, 2.75) is 38.8 Å². The zero-order valence-corrected chi connectivity index (χ0v) is 20.7. The molecule has 0 aliphatic carbocycles. The van der Waals surface area contributed by atoms with Gasteiger partial charge in [0.15, 0.2) is 0 Å². The first-order chi connectivity index (χ1) is 17.3. The lowest BCUT2D eigenvalue weighted by Gasteiger charge is -2.46. The van der Waals surface area contributed by atoms with Crippen molar-refractivity contribution in [3.63, 3.8) is 0 Å². The number of pyridine rings is 1. The van der Waals surface area contributed by atoms with E-state index in [4.69, 9.17) is 5.73 Å². The molecule has 4 rings (SSSR count). The largest absolute Gasteiger partial charge is 0.384 e. The van der Waals surface area contributed by atoms with E-state index in [9.17, 15) is 14.4 Å². The van der Waals surface area contributed by atoms with Gasteiger partial charge in [0.05, 0.1) is 12.0 Å². The molecule has 0 saturated carbocycles. The van der Waals surface area contributed by atoms with Gasteiger partial charge in [0.2, 0.25) is 5.91 Å². The number of rotatable bonds is 7. The topological polar surface area (TPSA) is 109 Å². The number of hydrogen-bond acceptors (Lipinski definition) is 5. The number of urea groups is 1. The predicted octanol–water partition coefficient (Wildman–Crippen LogP) is 3.87. The minimum Gasteiger partial charge on any atom is -0.384 e. The number of β-lactam (4-membered cyclic amide) rings is 1. The molecule has 8 nitrogen and oxygen atoms in total. The minimum absolute atomic E-state index is 0.281. The SMILES string of the molecule is CC[C@@H](NC(=O)N1C(=O)[C@H](Cc2ccnc(N)c2)[C@H]1C(=O)N(C)c1ccccc1)c1cccc(C)c1. The van der Waals surface area contributed by atoms with Gasteiger partial charge in [-0.05, 0) is 55.2 Å². The summed E-state index contributed by atoms with van der Waals surface area (Å²) in [7, 11) is 1.65. The number of nitrogen functional groups attached to an aromatic ring is 1. The van der Waals surface area contributed by atoms with Crippen molar-refractivity contribution in [2.75, 3.05) is 17.7 Å². The number of aryl methyl sites for hydroxylation is 1. The molecule has 1 aliphatic heterocycles. The highest BCUT2D eigenvalue weighted by Gasteiger charge is 2.55. The normalized spacial score (nSPS) is 17.8. The van der Waals surface area contributed by atoms with E-state index in [-0.39, 0.29) is 24.3 Å². The molecule has 8 heteroatoms. The summed E-state index contributed by atoms with van der Waals surface area (Å²) in [5.41, 5.74) is 9.31. The van der Waals surface area contributed by atoms with E-state index in [1.54, 1.807) is 25.4 Å². The molecule has 0 radical (unpaired) electrons. The molecule has 2 heterocycles. The summed E-state index contributed by atoms with van der Waals surface area (Å²) in [5.74, 6) is -1.06. The Morgan fingerprint density at radius 2 is 1.86 bits per heavy atom. The Kier molecular flexibility index (Phi) is 7.33. The maximum absolute atomic E-state index is 13.6. The van der Waals surface area contributed by atoms with Crippen molar-refractivity contribution in [3.8, 4) is 0 Å². The molecule has 1 aromatic heterocycles. The van der Waals surface area contributed by atoms with Crippen molar-refractivity contribution >= 4 is 29.4 Å². The first kappa shape index (κ1) is 24.9. The van der Waals surface area contributed by atoms with Crippen LogP contribution < -0.4 is 16.0 Å². The van der Waals surface area contributed by atoms with Crippen LogP contribution in [-0.2, 0) is 16.0 Å². The van der Waals surface area contributed by atoms with E-state index in [2.05, 4.69) is 10.3 Å². The third-order valence-electron chi connectivity index (χ3n) is 6.61. The number of likely N-dealkylation sites (tertiary alicyclic amines) is 1. The Bertz CT molecular complexity index is 1260. The van der Waals surface area contributed by atoms with E-state index in [0.717, 1.165) is 21.6 Å². The van der Waals surface area contributed by atoms with Gasteiger partial charge in [0.1, 0.15) is 11.9 Å². The zero-order valence-electron chi connectivity index (χ0n) is 20.7. The van der Waals surface area contributed by atoms with Gasteiger partial charge in [-0.2, -0.15) is 0 Å². The first-order valence-corrected chi connectivity index (χ1v) is 12.0. The molecular formula is C28H31N5O3. The highest BCUT2D eigenvalue weighted by Crippen LogP contribution is 2.33. The second kappa shape index (κ2) is 10.6. The summed E-state index contributed by atoms with van der Waals surface area (Å²) >= 11 is 0. The summed E-state index contributed by atoms with van der Waals surface area (Å²) in [6, 6.07) is 18.7. The molecule has 1 fully saturated rings. The van der Waals surface area contributed by atoms with Crippen molar-refractivity contribution in [1.29, 1.82) is 0 Å². The molecule has 3 aromatic rings. The average molecular weight is 486 g/mol. The van der Waals surface area contributed by atoms with E-state index >= 15 is 0 Å². The van der Waals surface area contributed by atoms with Crippen LogP contribution in [0.3, 0.4) is 0 Å². The van der Waals surface area contributed by atoms with Gasteiger partial charge in [0.25, 0.3) is 5.91 Å². The van der Waals surface area contributed by atoms with Gasteiger partial charge >= 0.3 is 6.03 Å². The Balaban J connectivity index is 1.60. The van der Waals surface area contributed by atoms with Crippen LogP contribution in [-0.4, -0.2) is 40.8 Å². The molecule has 4 amide bonds. The van der Waals surface area contributed by atoms with Crippen LogP contribution >= 0.6 is 0 Å². The number of aromatic nitrogens is 1. The van der Waals surface area contributed by atoms with Crippen molar-refractivity contribution < 1.29 is 14.4 Å². The van der Waals surface area contributed by atoms with E-state index in [0.29, 0.717) is 17.9 Å². The van der Waals surface area contributed by atoms with Gasteiger partial charge < -0.3 is 16.0 Å². The standard InChI is InChI=1S/C28H31N5O3/c1-4-23(20-10-8-9-18(2)15-20)31-28(36)33-25(27(35)32(3)21-11-6-5-7-12-21)22(26(33)34)16-19-13-14-30-24(29)17-19/h5-15,17,22-23,25H,4,16H2,1-3H3,(H2,29,30)(H,31,36)/t22-,23-,25+/m1/s1. The van der Waals surface area contributed by atoms with Gasteiger partial charge in [-0.25, -0.2) is 9.78 Å². The number of imide groups is 1. The number of benzene rings is 2. The van der Waals surface area contributed by atoms with Crippen LogP contribution in [0.1, 0.15) is 36.1 Å². The van der Waals surface area contributed by atoms with Crippen LogP contribution in [0, 0.1) is 12.8 Å². The van der Waals surface area contributed by atoms with Crippen LogP contribution in [0.4, 0.5) is 16.3 Å². The molecule has 2 aromatic carbocycles. The Labute approximate surface area is 211 Å². The van der Waals surface area contributed by atoms with Gasteiger partial charge in [-0.3, -0.25) is 14.5 Å². The van der Waals surface area contributed by atoms with E-state index < -0.39 is 18.0 Å². The third kappa shape index (κ3) is 5.07. The van der Waals surface area contributed by atoms with Crippen LogP contribution in [0.15, 0.2) is 72.9 Å². The van der Waals surface area contributed by atoms with Crippen molar-refractivity contribution in [3.05, 3.63) is 89.6 Å². The lowest BCUT2D eigenvalue weighted by Crippen LogP contribution is -2.70. The van der Waals surface area contributed by atoms with Crippen molar-refractivity contribution in [2.24, 2.45) is 5.92 Å². The van der Waals surface area contributed by atoms with Gasteiger partial charge in [-0.1, -0.05) is 55.0 Å². The fourth-order valence-electron chi connectivity index (χ4n) is 4.64. The quantitative estimate of drug-likeness (QED) is 0.494. The summed E-state index contributed by atoms with van der Waals surface area (Å²) in [6.07, 6.45) is 2.49. The average Bonchev–Trinajstić information content (AvgIpc) is 2.88. The second-order valence-electron chi connectivity index (χ2n) is 9.11. The smallest absolute Gasteiger partial charge is 0.325 e. The Hall–Kier alpha value is -4.20. The highest BCUT2D eigenvalue weighted by atomic mass is 16.2. The first-order valence-electron chi connectivity index (χ1n) is 12.0. The number of nitrogens with two attached hydrogens (primary N) is 1. The molecule has 36 heavy (non-hydrogen) atoms. The van der Waals surface area contributed by atoms with Crippen LogP contribution in [0.2, 0.25) is 0 Å². The number of anilines is 2. The fourth-order valence-corrected chi connectivity index (χ4v) is 4.64. The van der Waals surface area contributed by atoms with E-state index in [1.165, 1.54) is 4.90 Å². The number of likely N-dealkylation sites (N-methyl/N-ethyl adjacent to an activating group) is 1. The number of carbonyl (C=O) groups excluding carboxylic acids is 3. The maximum atomic E-state index is 13.6. The molecule has 3 atom stereocenters. The number of hydrogen-bond donors (Lipinski definition) is 2. The molecule has 0 spiro atoms. The van der Waals surface area contributed by atoms with Gasteiger partial charge in [0, 0.05) is 18.9 Å². The summed E-state index contributed by atoms with van der Waals surface area (Å²) in [6.45, 7) is 3.95. The molecule has 0 unspecified atom stereocenters. The van der Waals surface area contributed by atoms with Crippen molar-refractivity contribution in [1.82, 2.24) is 15.2 Å². The van der Waals surface area contributed by atoms with Gasteiger partial charge in [-0.15, -0.1) is 0 Å². The number of nitrogens with zero attached hydrogens (tertiary/aromatic N) is 3. The monoisotopic (exact) mass is 485 g/mol. The number of nitrogens with one attached hydrogen (secondary N) is 1. The predicted molar refractivity (Wildman–Crippen MR) is 139 cm³/mol. The minimum atomic E-state index is -0.938. The molecule has 1 saturated heterocycles. The summed E-state index contributed by atoms with van der Waals surface area (Å²) < 4.78 is 0. The maximum Gasteiger partial charge on any atom is 0.325 e. The molecule has 186 valence electrons. The molecule has 1 aliphatic rings. The lowest BCUT2D eigenvalue weighted by atomic mass is 9.81. The zero-order chi connectivity index (χ0) is 25.8. The second-order valence-corrected chi connectivity index (χ2v) is 9.11.